The van der Waals surface area contributed by atoms with E-state index < -0.39 is 10.0 Å². The summed E-state index contributed by atoms with van der Waals surface area (Å²) in [6.07, 6.45) is 1.71. The lowest BCUT2D eigenvalue weighted by molar-refractivity contribution is 0.0796. The van der Waals surface area contributed by atoms with Crippen LogP contribution in [0.1, 0.15) is 23.2 Å². The molecule has 1 amide bonds. The van der Waals surface area contributed by atoms with Crippen molar-refractivity contribution in [1.82, 2.24) is 14.5 Å². The molecule has 0 bridgehead atoms. The van der Waals surface area contributed by atoms with Crippen LogP contribution in [0.2, 0.25) is 0 Å². The van der Waals surface area contributed by atoms with Crippen LogP contribution < -0.4 is 10.1 Å². The number of rotatable bonds is 7. The Morgan fingerprint density at radius 3 is 2.52 bits per heavy atom. The van der Waals surface area contributed by atoms with E-state index in [1.807, 2.05) is 7.05 Å². The summed E-state index contributed by atoms with van der Waals surface area (Å²) in [5, 5.41) is 2.98. The van der Waals surface area contributed by atoms with Crippen LogP contribution >= 0.6 is 12.4 Å². The molecule has 0 radical (unpaired) electrons. The van der Waals surface area contributed by atoms with Crippen molar-refractivity contribution in [3.05, 3.63) is 23.8 Å². The number of hydrogen-bond donors (Lipinski definition) is 1. The van der Waals surface area contributed by atoms with Gasteiger partial charge in [0.05, 0.1) is 7.11 Å². The fourth-order valence-electron chi connectivity index (χ4n) is 2.68. The lowest BCUT2D eigenvalue weighted by Gasteiger charge is -2.20. The van der Waals surface area contributed by atoms with Crippen LogP contribution in [0, 0.1) is 0 Å². The van der Waals surface area contributed by atoms with Crippen LogP contribution in [-0.2, 0) is 10.0 Å². The Morgan fingerprint density at radius 2 is 1.96 bits per heavy atom. The number of nitrogens with one attached hydrogen (secondary N) is 1. The number of carbonyl (C=O) groups is 1. The normalized spacial score (nSPS) is 14.8. The number of methoxy groups -OCH3 is 1. The zero-order chi connectivity index (χ0) is 17.7. The quantitative estimate of drug-likeness (QED) is 0.755. The number of carbonyl (C=O) groups excluding carboxylic acids is 1. The predicted molar refractivity (Wildman–Crippen MR) is 99.1 cm³/mol. The van der Waals surface area contributed by atoms with Crippen molar-refractivity contribution in [3.8, 4) is 5.75 Å². The smallest absolute Gasteiger partial charge is 0.253 e. The van der Waals surface area contributed by atoms with E-state index in [1.54, 1.807) is 24.1 Å². The monoisotopic (exact) mass is 391 g/mol. The molecule has 0 aromatic heterocycles. The van der Waals surface area contributed by atoms with E-state index in [-0.39, 0.29) is 29.0 Å². The highest BCUT2D eigenvalue weighted by Crippen LogP contribution is 2.30. The van der Waals surface area contributed by atoms with Crippen molar-refractivity contribution in [3.63, 3.8) is 0 Å². The average Bonchev–Trinajstić information content (AvgIpc) is 3.13. The second-order valence-electron chi connectivity index (χ2n) is 5.81. The van der Waals surface area contributed by atoms with E-state index in [0.717, 1.165) is 12.8 Å². The van der Waals surface area contributed by atoms with E-state index >= 15 is 0 Å². The molecule has 9 heteroatoms. The first-order valence-corrected chi connectivity index (χ1v) is 9.44. The van der Waals surface area contributed by atoms with Crippen LogP contribution in [0.15, 0.2) is 23.1 Å². The third-order valence-electron chi connectivity index (χ3n) is 4.14. The zero-order valence-corrected chi connectivity index (χ0v) is 16.5. The van der Waals surface area contributed by atoms with Gasteiger partial charge in [-0.1, -0.05) is 0 Å². The number of hydrogen-bond acceptors (Lipinski definition) is 5. The minimum atomic E-state index is -3.65. The van der Waals surface area contributed by atoms with Gasteiger partial charge in [-0.2, -0.15) is 4.31 Å². The Bertz CT molecular complexity index is 691. The Morgan fingerprint density at radius 1 is 1.32 bits per heavy atom. The molecular weight excluding hydrogens is 366 g/mol. The van der Waals surface area contributed by atoms with Crippen LogP contribution in [0.4, 0.5) is 0 Å². The third kappa shape index (κ3) is 4.84. The van der Waals surface area contributed by atoms with Gasteiger partial charge in [0.25, 0.3) is 5.91 Å². The molecule has 1 aromatic rings. The molecule has 1 aliphatic rings. The van der Waals surface area contributed by atoms with E-state index in [2.05, 4.69) is 5.32 Å². The molecule has 0 saturated carbocycles. The number of nitrogens with zero attached hydrogens (tertiary/aromatic N) is 2. The summed E-state index contributed by atoms with van der Waals surface area (Å²) >= 11 is 0. The van der Waals surface area contributed by atoms with Gasteiger partial charge in [0, 0.05) is 38.8 Å². The fraction of sp³-hybridized carbons (Fsp3) is 0.562. The lowest BCUT2D eigenvalue weighted by atomic mass is 10.2. The molecule has 1 fully saturated rings. The number of likely N-dealkylation sites (N-methyl/N-ethyl adjacent to an activating group) is 2. The zero-order valence-electron chi connectivity index (χ0n) is 14.8. The Labute approximate surface area is 155 Å². The van der Waals surface area contributed by atoms with Crippen molar-refractivity contribution in [2.24, 2.45) is 0 Å². The average molecular weight is 392 g/mol. The van der Waals surface area contributed by atoms with Crippen molar-refractivity contribution in [1.29, 1.82) is 0 Å². The highest BCUT2D eigenvalue weighted by molar-refractivity contribution is 7.89. The molecule has 1 heterocycles. The first-order chi connectivity index (χ1) is 11.4. The van der Waals surface area contributed by atoms with E-state index in [9.17, 15) is 13.2 Å². The molecule has 2 rings (SSSR count). The Hall–Kier alpha value is -1.35. The van der Waals surface area contributed by atoms with Crippen molar-refractivity contribution in [2.45, 2.75) is 17.7 Å². The molecule has 1 aliphatic heterocycles. The number of halogens is 1. The molecule has 7 nitrogen and oxygen atoms in total. The van der Waals surface area contributed by atoms with Gasteiger partial charge in [0.1, 0.15) is 10.6 Å². The number of sulfonamides is 1. The fourth-order valence-corrected chi connectivity index (χ4v) is 4.38. The molecule has 1 saturated heterocycles. The summed E-state index contributed by atoms with van der Waals surface area (Å²) < 4.78 is 32.3. The molecule has 142 valence electrons. The van der Waals surface area contributed by atoms with Gasteiger partial charge in [-0.25, -0.2) is 8.42 Å². The molecule has 1 N–H and O–H groups in total. The highest BCUT2D eigenvalue weighted by Gasteiger charge is 2.30. The van der Waals surface area contributed by atoms with E-state index in [1.165, 1.54) is 17.5 Å². The van der Waals surface area contributed by atoms with E-state index in [0.29, 0.717) is 31.7 Å². The first-order valence-electron chi connectivity index (χ1n) is 8.00. The standard InChI is InChI=1S/C16H25N3O4S.ClH/c1-17-8-11-18(2)16(20)13-6-7-14(23-3)15(12-13)24(21,22)19-9-4-5-10-19;/h6-7,12,17H,4-5,8-11H2,1-3H3;1H. The van der Waals surface area contributed by atoms with Crippen LogP contribution in [-0.4, -0.2) is 70.9 Å². The predicted octanol–water partition coefficient (Wildman–Crippen LogP) is 1.19. The van der Waals surface area contributed by atoms with Crippen LogP contribution in [0.3, 0.4) is 0 Å². The summed E-state index contributed by atoms with van der Waals surface area (Å²) in [7, 11) is 1.28. The Balaban J connectivity index is 0.00000312. The molecule has 0 aliphatic carbocycles. The largest absolute Gasteiger partial charge is 0.495 e. The van der Waals surface area contributed by atoms with E-state index in [4.69, 9.17) is 4.74 Å². The highest BCUT2D eigenvalue weighted by atomic mass is 35.5. The van der Waals surface area contributed by atoms with Crippen molar-refractivity contribution < 1.29 is 17.9 Å². The maximum Gasteiger partial charge on any atom is 0.253 e. The van der Waals surface area contributed by atoms with Gasteiger partial charge in [-0.05, 0) is 38.1 Å². The van der Waals surface area contributed by atoms with Gasteiger partial charge < -0.3 is 15.0 Å². The van der Waals surface area contributed by atoms with Crippen LogP contribution in [0.25, 0.3) is 0 Å². The number of benzene rings is 1. The van der Waals surface area contributed by atoms with Crippen molar-refractivity contribution >= 4 is 28.3 Å². The second-order valence-corrected chi connectivity index (χ2v) is 7.71. The molecular formula is C16H26ClN3O4S. The summed E-state index contributed by atoms with van der Waals surface area (Å²) in [5.41, 5.74) is 0.340. The van der Waals surface area contributed by atoms with Gasteiger partial charge >= 0.3 is 0 Å². The Kier molecular flexibility index (Phi) is 8.14. The molecule has 25 heavy (non-hydrogen) atoms. The molecule has 1 aromatic carbocycles. The maximum atomic E-state index is 12.8. The van der Waals surface area contributed by atoms with Gasteiger partial charge in [0.2, 0.25) is 10.0 Å². The first kappa shape index (κ1) is 21.7. The molecule has 0 atom stereocenters. The minimum absolute atomic E-state index is 0. The van der Waals surface area contributed by atoms with Crippen LogP contribution in [0.5, 0.6) is 5.75 Å². The summed E-state index contributed by atoms with van der Waals surface area (Å²) in [4.78, 5) is 14.1. The SMILES string of the molecule is CNCCN(C)C(=O)c1ccc(OC)c(S(=O)(=O)N2CCCC2)c1.Cl. The van der Waals surface area contributed by atoms with Gasteiger partial charge in [-0.3, -0.25) is 4.79 Å². The van der Waals surface area contributed by atoms with Crippen molar-refractivity contribution in [2.75, 3.05) is 47.4 Å². The minimum Gasteiger partial charge on any atom is -0.495 e. The van der Waals surface area contributed by atoms with Gasteiger partial charge in [-0.15, -0.1) is 12.4 Å². The lowest BCUT2D eigenvalue weighted by Crippen LogP contribution is -2.33. The molecule has 0 unspecified atom stereocenters. The molecule has 0 spiro atoms. The third-order valence-corrected chi connectivity index (χ3v) is 6.06. The topological polar surface area (TPSA) is 79.0 Å². The number of ether oxygens (including phenoxy) is 1. The van der Waals surface area contributed by atoms with Gasteiger partial charge in [0.15, 0.2) is 0 Å². The summed E-state index contributed by atoms with van der Waals surface area (Å²) in [6.45, 7) is 2.21. The number of amides is 1. The summed E-state index contributed by atoms with van der Waals surface area (Å²) in [5.74, 6) is 0.0436. The maximum absolute atomic E-state index is 12.8. The second kappa shape index (κ2) is 9.38. The summed E-state index contributed by atoms with van der Waals surface area (Å²) in [6, 6.07) is 4.56.